The summed E-state index contributed by atoms with van der Waals surface area (Å²) in [6.07, 6.45) is 1.80. The molecule has 4 rings (SSSR count). The molecular weight excluding hydrogens is 361 g/mol. The Bertz CT molecular complexity index is 1040. The molecule has 7 heteroatoms. The minimum Gasteiger partial charge on any atom is -0.338 e. The molecule has 27 heavy (non-hydrogen) atoms. The maximum atomic E-state index is 13.5. The van der Waals surface area contributed by atoms with Crippen LogP contribution in [0.25, 0.3) is 10.9 Å². The fraction of sp³-hybridized carbons (Fsp3) is 0.300. The molecule has 3 aromatic rings. The van der Waals surface area contributed by atoms with E-state index in [-0.39, 0.29) is 0 Å². The lowest BCUT2D eigenvalue weighted by Crippen LogP contribution is -2.27. The maximum Gasteiger partial charge on any atom is 0.213 e. The molecule has 1 aromatic carbocycles. The van der Waals surface area contributed by atoms with Gasteiger partial charge in [-0.1, -0.05) is 6.07 Å². The highest BCUT2D eigenvalue weighted by atomic mass is 32.2. The van der Waals surface area contributed by atoms with Crippen molar-refractivity contribution in [2.45, 2.75) is 25.4 Å². The molecule has 2 heterocycles. The zero-order valence-electron chi connectivity index (χ0n) is 15.2. The van der Waals surface area contributed by atoms with Gasteiger partial charge in [-0.05, 0) is 56.4 Å². The Morgan fingerprint density at radius 3 is 2.93 bits per heavy atom. The SMILES string of the molecule is CN(C)SNC1Cc2c(n(Cc3cccc(F)n3)c3ccc(C#N)cc23)C1. The molecule has 1 aliphatic carbocycles. The van der Waals surface area contributed by atoms with E-state index < -0.39 is 5.95 Å². The molecule has 5 nitrogen and oxygen atoms in total. The second-order valence-electron chi connectivity index (χ2n) is 6.93. The molecule has 0 saturated heterocycles. The van der Waals surface area contributed by atoms with Crippen molar-refractivity contribution in [1.29, 1.82) is 5.26 Å². The number of fused-ring (bicyclic) bond motifs is 3. The first-order chi connectivity index (χ1) is 13.0. The van der Waals surface area contributed by atoms with E-state index in [0.29, 0.717) is 23.8 Å². The van der Waals surface area contributed by atoms with Gasteiger partial charge in [-0.2, -0.15) is 9.65 Å². The van der Waals surface area contributed by atoms with Crippen molar-refractivity contribution in [3.8, 4) is 6.07 Å². The predicted molar refractivity (Wildman–Crippen MR) is 106 cm³/mol. The maximum absolute atomic E-state index is 13.5. The largest absolute Gasteiger partial charge is 0.338 e. The number of aromatic nitrogens is 2. The quantitative estimate of drug-likeness (QED) is 0.543. The number of halogens is 1. The van der Waals surface area contributed by atoms with E-state index in [4.69, 9.17) is 0 Å². The van der Waals surface area contributed by atoms with Crippen molar-refractivity contribution < 1.29 is 4.39 Å². The van der Waals surface area contributed by atoms with Gasteiger partial charge < -0.3 is 4.57 Å². The summed E-state index contributed by atoms with van der Waals surface area (Å²) in [6.45, 7) is 0.517. The van der Waals surface area contributed by atoms with E-state index in [9.17, 15) is 9.65 Å². The number of rotatable bonds is 5. The molecule has 2 aromatic heterocycles. The van der Waals surface area contributed by atoms with Crippen molar-refractivity contribution in [3.63, 3.8) is 0 Å². The highest BCUT2D eigenvalue weighted by molar-refractivity contribution is 7.95. The number of nitrogens with one attached hydrogen (secondary N) is 1. The Balaban J connectivity index is 1.75. The number of nitriles is 1. The van der Waals surface area contributed by atoms with Crippen LogP contribution in [0.15, 0.2) is 36.4 Å². The molecule has 1 atom stereocenters. The van der Waals surface area contributed by atoms with Crippen LogP contribution in [0, 0.1) is 17.3 Å². The lowest BCUT2D eigenvalue weighted by Gasteiger charge is -2.16. The molecule has 1 aliphatic rings. The lowest BCUT2D eigenvalue weighted by molar-refractivity contribution is 0.571. The Hall–Kier alpha value is -2.40. The third kappa shape index (κ3) is 3.56. The summed E-state index contributed by atoms with van der Waals surface area (Å²) in [5, 5.41) is 10.4. The number of hydrogen-bond acceptors (Lipinski definition) is 5. The van der Waals surface area contributed by atoms with E-state index in [1.807, 2.05) is 42.7 Å². The van der Waals surface area contributed by atoms with E-state index in [2.05, 4.69) is 20.3 Å². The van der Waals surface area contributed by atoms with Gasteiger partial charge in [0.1, 0.15) is 0 Å². The second kappa shape index (κ2) is 7.31. The minimum atomic E-state index is -0.464. The molecule has 0 aliphatic heterocycles. The summed E-state index contributed by atoms with van der Waals surface area (Å²) in [6, 6.07) is 13.2. The molecule has 138 valence electrons. The van der Waals surface area contributed by atoms with E-state index in [1.165, 1.54) is 17.3 Å². The van der Waals surface area contributed by atoms with Gasteiger partial charge in [0.25, 0.3) is 0 Å². The summed E-state index contributed by atoms with van der Waals surface area (Å²) in [4.78, 5) is 4.03. The zero-order valence-corrected chi connectivity index (χ0v) is 16.1. The van der Waals surface area contributed by atoms with Crippen LogP contribution in [0.2, 0.25) is 0 Å². The van der Waals surface area contributed by atoms with E-state index >= 15 is 0 Å². The van der Waals surface area contributed by atoms with Crippen molar-refractivity contribution >= 4 is 23.0 Å². The molecule has 0 bridgehead atoms. The monoisotopic (exact) mass is 381 g/mol. The van der Waals surface area contributed by atoms with Crippen molar-refractivity contribution in [2.24, 2.45) is 0 Å². The normalized spacial score (nSPS) is 16.0. The van der Waals surface area contributed by atoms with Crippen LogP contribution >= 0.6 is 12.1 Å². The average molecular weight is 381 g/mol. The third-order valence-corrected chi connectivity index (χ3v) is 5.60. The fourth-order valence-electron chi connectivity index (χ4n) is 3.70. The molecule has 1 N–H and O–H groups in total. The number of hydrogen-bond donors (Lipinski definition) is 1. The summed E-state index contributed by atoms with van der Waals surface area (Å²) in [5.74, 6) is -0.464. The van der Waals surface area contributed by atoms with Gasteiger partial charge in [0, 0.05) is 41.2 Å². The lowest BCUT2D eigenvalue weighted by atomic mass is 10.1. The van der Waals surface area contributed by atoms with Crippen molar-refractivity contribution in [2.75, 3.05) is 14.1 Å². The summed E-state index contributed by atoms with van der Waals surface area (Å²) >= 11 is 1.59. The molecular formula is C20H20FN5S. The third-order valence-electron chi connectivity index (χ3n) is 4.80. The van der Waals surface area contributed by atoms with Gasteiger partial charge in [0.2, 0.25) is 5.95 Å². The minimum absolute atomic E-state index is 0.323. The van der Waals surface area contributed by atoms with Gasteiger partial charge >= 0.3 is 0 Å². The van der Waals surface area contributed by atoms with E-state index in [0.717, 1.165) is 23.7 Å². The van der Waals surface area contributed by atoms with Crippen LogP contribution in [0.4, 0.5) is 4.39 Å². The van der Waals surface area contributed by atoms with Crippen LogP contribution in [0.3, 0.4) is 0 Å². The average Bonchev–Trinajstić information content (AvgIpc) is 3.18. The van der Waals surface area contributed by atoms with Crippen molar-refractivity contribution in [3.05, 3.63) is 64.9 Å². The van der Waals surface area contributed by atoms with E-state index in [1.54, 1.807) is 18.2 Å². The van der Waals surface area contributed by atoms with Crippen LogP contribution in [-0.4, -0.2) is 34.0 Å². The first-order valence-electron chi connectivity index (χ1n) is 8.80. The highest BCUT2D eigenvalue weighted by Crippen LogP contribution is 2.35. The summed E-state index contributed by atoms with van der Waals surface area (Å²) < 4.78 is 21.3. The Labute approximate surface area is 162 Å². The Morgan fingerprint density at radius 2 is 2.19 bits per heavy atom. The van der Waals surface area contributed by atoms with Crippen LogP contribution < -0.4 is 4.72 Å². The Kier molecular flexibility index (Phi) is 4.87. The molecule has 0 fully saturated rings. The second-order valence-corrected chi connectivity index (χ2v) is 8.08. The van der Waals surface area contributed by atoms with Crippen LogP contribution in [0.5, 0.6) is 0 Å². The zero-order chi connectivity index (χ0) is 19.0. The summed E-state index contributed by atoms with van der Waals surface area (Å²) in [5.41, 5.74) is 4.94. The van der Waals surface area contributed by atoms with Gasteiger partial charge in [0.15, 0.2) is 0 Å². The first kappa shape index (κ1) is 18.0. The smallest absolute Gasteiger partial charge is 0.213 e. The highest BCUT2D eigenvalue weighted by Gasteiger charge is 2.29. The predicted octanol–water partition coefficient (Wildman–Crippen LogP) is 3.28. The number of nitrogens with zero attached hydrogens (tertiary/aromatic N) is 4. The van der Waals surface area contributed by atoms with Gasteiger partial charge in [-0.25, -0.2) is 14.0 Å². The first-order valence-corrected chi connectivity index (χ1v) is 9.58. The standard InChI is InChI=1S/C20H20FN5S/c1-25(2)27-24-15-9-17-16-8-13(11-22)6-7-18(16)26(19(17)10-15)12-14-4-3-5-20(21)23-14/h3-8,15,24H,9-10,12H2,1-2H3. The van der Waals surface area contributed by atoms with Gasteiger partial charge in [0.05, 0.1) is 23.9 Å². The molecule has 0 radical (unpaired) electrons. The molecule has 0 amide bonds. The Morgan fingerprint density at radius 1 is 1.33 bits per heavy atom. The van der Waals surface area contributed by atoms with Crippen LogP contribution in [0.1, 0.15) is 22.5 Å². The number of pyridine rings is 1. The molecule has 1 unspecified atom stereocenters. The summed E-state index contributed by atoms with van der Waals surface area (Å²) in [7, 11) is 4.01. The van der Waals surface area contributed by atoms with Crippen LogP contribution in [-0.2, 0) is 19.4 Å². The number of benzene rings is 1. The topological polar surface area (TPSA) is 56.9 Å². The van der Waals surface area contributed by atoms with Gasteiger partial charge in [-0.3, -0.25) is 0 Å². The fourth-order valence-corrected chi connectivity index (χ4v) is 4.23. The van der Waals surface area contributed by atoms with Gasteiger partial charge in [-0.15, -0.1) is 0 Å². The molecule has 0 saturated carbocycles. The molecule has 0 spiro atoms. The van der Waals surface area contributed by atoms with Crippen molar-refractivity contribution in [1.82, 2.24) is 18.6 Å².